The maximum atomic E-state index is 11.8. The molecule has 1 amide bonds. The van der Waals surface area contributed by atoms with Crippen molar-refractivity contribution in [2.24, 2.45) is 5.92 Å². The molecule has 0 saturated heterocycles. The Morgan fingerprint density at radius 3 is 2.65 bits per heavy atom. The first-order valence-electron chi connectivity index (χ1n) is 5.43. The molecule has 1 aromatic rings. The van der Waals surface area contributed by atoms with E-state index in [1.165, 1.54) is 17.1 Å². The summed E-state index contributed by atoms with van der Waals surface area (Å²) in [5.74, 6) is -0.382. The zero-order valence-corrected chi connectivity index (χ0v) is 11.0. The highest BCUT2D eigenvalue weighted by Crippen LogP contribution is 2.08. The molecule has 0 fully saturated rings. The Morgan fingerprint density at radius 1 is 1.53 bits per heavy atom. The molecule has 17 heavy (non-hydrogen) atoms. The quantitative estimate of drug-likeness (QED) is 0.846. The number of amides is 1. The number of aryl methyl sites for hydroxylation is 1. The van der Waals surface area contributed by atoms with Crippen molar-refractivity contribution >= 4 is 15.9 Å². The number of sulfonamides is 1. The van der Waals surface area contributed by atoms with Gasteiger partial charge in [-0.25, -0.2) is 13.1 Å². The molecule has 0 radical (unpaired) electrons. The lowest BCUT2D eigenvalue weighted by Crippen LogP contribution is -2.31. The average molecular weight is 259 g/mol. The van der Waals surface area contributed by atoms with Gasteiger partial charge in [-0.05, 0) is 12.8 Å². The summed E-state index contributed by atoms with van der Waals surface area (Å²) in [7, 11) is -3.78. The smallest absolute Gasteiger partial charge is 0.267 e. The van der Waals surface area contributed by atoms with Crippen molar-refractivity contribution in [3.05, 3.63) is 12.4 Å². The van der Waals surface area contributed by atoms with Gasteiger partial charge in [0.05, 0.1) is 6.20 Å². The van der Waals surface area contributed by atoms with Crippen molar-refractivity contribution in [2.45, 2.75) is 38.6 Å². The molecule has 0 aliphatic rings. The summed E-state index contributed by atoms with van der Waals surface area (Å²) in [4.78, 5) is 11.4. The molecule has 0 spiro atoms. The molecule has 0 aliphatic carbocycles. The van der Waals surface area contributed by atoms with Gasteiger partial charge in [0.2, 0.25) is 5.91 Å². The highest BCUT2D eigenvalue weighted by molar-refractivity contribution is 7.90. The number of carbonyl (C=O) groups is 1. The van der Waals surface area contributed by atoms with Crippen LogP contribution in [0.25, 0.3) is 0 Å². The fraction of sp³-hybridized carbons (Fsp3) is 0.600. The van der Waals surface area contributed by atoms with Gasteiger partial charge in [0.15, 0.2) is 0 Å². The van der Waals surface area contributed by atoms with Gasteiger partial charge in [0, 0.05) is 19.2 Å². The maximum Gasteiger partial charge on any atom is 0.267 e. The fourth-order valence-corrected chi connectivity index (χ4v) is 2.22. The predicted molar refractivity (Wildman–Crippen MR) is 62.7 cm³/mol. The maximum absolute atomic E-state index is 11.8. The van der Waals surface area contributed by atoms with E-state index < -0.39 is 15.9 Å². The van der Waals surface area contributed by atoms with Crippen LogP contribution < -0.4 is 4.72 Å². The molecule has 1 rings (SSSR count). The Bertz CT molecular complexity index is 491. The van der Waals surface area contributed by atoms with Gasteiger partial charge in [0.25, 0.3) is 10.0 Å². The van der Waals surface area contributed by atoms with E-state index in [1.807, 2.05) is 25.5 Å². The van der Waals surface area contributed by atoms with Crippen LogP contribution in [-0.4, -0.2) is 24.1 Å². The third-order valence-corrected chi connectivity index (χ3v) is 3.41. The minimum Gasteiger partial charge on any atom is -0.274 e. The molecule has 1 heterocycles. The van der Waals surface area contributed by atoms with Crippen LogP contribution in [0, 0.1) is 5.92 Å². The second-order valence-electron chi connectivity index (χ2n) is 4.16. The molecule has 1 N–H and O–H groups in total. The number of hydrogen-bond donors (Lipinski definition) is 1. The van der Waals surface area contributed by atoms with Crippen molar-refractivity contribution in [2.75, 3.05) is 0 Å². The van der Waals surface area contributed by atoms with E-state index in [2.05, 4.69) is 5.10 Å². The summed E-state index contributed by atoms with van der Waals surface area (Å²) in [5, 5.41) is 3.86. The standard InChI is InChI=1S/C10H17N3O3S/c1-4-13-7-9(6-11-13)17(15,16)12-10(14)5-8(2)3/h6-8H,4-5H2,1-3H3,(H,12,14). The highest BCUT2D eigenvalue weighted by Gasteiger charge is 2.19. The number of aromatic nitrogens is 2. The van der Waals surface area contributed by atoms with E-state index in [0.717, 1.165) is 0 Å². The number of hydrogen-bond acceptors (Lipinski definition) is 4. The Morgan fingerprint density at radius 2 is 2.18 bits per heavy atom. The molecule has 96 valence electrons. The summed E-state index contributed by atoms with van der Waals surface area (Å²) >= 11 is 0. The van der Waals surface area contributed by atoms with Crippen LogP contribution >= 0.6 is 0 Å². The van der Waals surface area contributed by atoms with Gasteiger partial charge >= 0.3 is 0 Å². The molecule has 0 saturated carbocycles. The first kappa shape index (κ1) is 13.7. The van der Waals surface area contributed by atoms with E-state index in [0.29, 0.717) is 6.54 Å². The van der Waals surface area contributed by atoms with Gasteiger partial charge in [0.1, 0.15) is 4.90 Å². The first-order valence-corrected chi connectivity index (χ1v) is 6.91. The lowest BCUT2D eigenvalue weighted by atomic mass is 10.1. The van der Waals surface area contributed by atoms with Crippen molar-refractivity contribution in [3.8, 4) is 0 Å². The van der Waals surface area contributed by atoms with Gasteiger partial charge in [-0.2, -0.15) is 5.10 Å². The van der Waals surface area contributed by atoms with E-state index in [-0.39, 0.29) is 17.2 Å². The van der Waals surface area contributed by atoms with Crippen LogP contribution in [0.1, 0.15) is 27.2 Å². The van der Waals surface area contributed by atoms with E-state index in [4.69, 9.17) is 0 Å². The first-order chi connectivity index (χ1) is 7.85. The Balaban J connectivity index is 2.78. The van der Waals surface area contributed by atoms with Crippen LogP contribution in [0.15, 0.2) is 17.3 Å². The zero-order chi connectivity index (χ0) is 13.1. The summed E-state index contributed by atoms with van der Waals surface area (Å²) in [6.45, 7) is 6.12. The predicted octanol–water partition coefficient (Wildman–Crippen LogP) is 0.754. The topological polar surface area (TPSA) is 81.1 Å². The van der Waals surface area contributed by atoms with Crippen LogP contribution in [0.3, 0.4) is 0 Å². The normalized spacial score (nSPS) is 11.8. The monoisotopic (exact) mass is 259 g/mol. The van der Waals surface area contributed by atoms with Gasteiger partial charge < -0.3 is 0 Å². The number of nitrogens with one attached hydrogen (secondary N) is 1. The molecule has 0 atom stereocenters. The Kier molecular flexibility index (Phi) is 4.28. The molecule has 1 aromatic heterocycles. The fourth-order valence-electron chi connectivity index (χ4n) is 1.28. The van der Waals surface area contributed by atoms with E-state index in [1.54, 1.807) is 0 Å². The summed E-state index contributed by atoms with van der Waals surface area (Å²) in [5.41, 5.74) is 0. The minimum absolute atomic E-state index is 0.0106. The lowest BCUT2D eigenvalue weighted by Gasteiger charge is -2.06. The number of nitrogens with zero attached hydrogens (tertiary/aromatic N) is 2. The average Bonchev–Trinajstić information content (AvgIpc) is 2.63. The SMILES string of the molecule is CCn1cc(S(=O)(=O)NC(=O)CC(C)C)cn1. The molecule has 0 aromatic carbocycles. The van der Waals surface area contributed by atoms with Crippen LogP contribution in [-0.2, 0) is 21.4 Å². The van der Waals surface area contributed by atoms with E-state index >= 15 is 0 Å². The third-order valence-electron chi connectivity index (χ3n) is 2.09. The van der Waals surface area contributed by atoms with Crippen LogP contribution in [0.2, 0.25) is 0 Å². The molecule has 0 aliphatic heterocycles. The Hall–Kier alpha value is -1.37. The highest BCUT2D eigenvalue weighted by atomic mass is 32.2. The van der Waals surface area contributed by atoms with Gasteiger partial charge in [-0.1, -0.05) is 13.8 Å². The molecule has 7 heteroatoms. The number of rotatable bonds is 5. The second-order valence-corrected chi connectivity index (χ2v) is 5.84. The van der Waals surface area contributed by atoms with Crippen molar-refractivity contribution in [1.82, 2.24) is 14.5 Å². The molecule has 0 unspecified atom stereocenters. The van der Waals surface area contributed by atoms with Crippen molar-refractivity contribution in [3.63, 3.8) is 0 Å². The molecule has 6 nitrogen and oxygen atoms in total. The van der Waals surface area contributed by atoms with Crippen molar-refractivity contribution < 1.29 is 13.2 Å². The number of carbonyl (C=O) groups excluding carboxylic acids is 1. The second kappa shape index (κ2) is 5.31. The van der Waals surface area contributed by atoms with Crippen LogP contribution in [0.5, 0.6) is 0 Å². The minimum atomic E-state index is -3.78. The summed E-state index contributed by atoms with van der Waals surface area (Å²) in [6.07, 6.45) is 2.81. The summed E-state index contributed by atoms with van der Waals surface area (Å²) in [6, 6.07) is 0. The lowest BCUT2D eigenvalue weighted by molar-refractivity contribution is -0.120. The van der Waals surface area contributed by atoms with Gasteiger partial charge in [-0.3, -0.25) is 9.48 Å². The van der Waals surface area contributed by atoms with E-state index in [9.17, 15) is 13.2 Å². The third kappa shape index (κ3) is 3.85. The molecule has 0 bridgehead atoms. The van der Waals surface area contributed by atoms with Crippen LogP contribution in [0.4, 0.5) is 0 Å². The largest absolute Gasteiger partial charge is 0.274 e. The summed E-state index contributed by atoms with van der Waals surface area (Å²) < 4.78 is 27.0. The van der Waals surface area contributed by atoms with Crippen molar-refractivity contribution in [1.29, 1.82) is 0 Å². The Labute approximate surface area is 101 Å². The molecular weight excluding hydrogens is 242 g/mol. The van der Waals surface area contributed by atoms with Gasteiger partial charge in [-0.15, -0.1) is 0 Å². The molecular formula is C10H17N3O3S. The zero-order valence-electron chi connectivity index (χ0n) is 10.2.